The number of hydrogen-bond acceptors (Lipinski definition) is 2. The Morgan fingerprint density at radius 2 is 1.27 bits per heavy atom. The first-order valence-corrected chi connectivity index (χ1v) is 6.75. The second-order valence-corrected chi connectivity index (χ2v) is 5.61. The summed E-state index contributed by atoms with van der Waals surface area (Å²) in [6.07, 6.45) is -4.69. The SMILES string of the molecule is C[C@](O)(c1ccccc1)[C@@](C)(c1ccc(O)cc1)C(F)(F)F. The maximum Gasteiger partial charge on any atom is 0.401 e. The molecule has 0 unspecified atom stereocenters. The van der Waals surface area contributed by atoms with Gasteiger partial charge < -0.3 is 10.2 Å². The smallest absolute Gasteiger partial charge is 0.401 e. The lowest BCUT2D eigenvalue weighted by molar-refractivity contribution is -0.240. The van der Waals surface area contributed by atoms with Crippen molar-refractivity contribution in [3.63, 3.8) is 0 Å². The Bertz CT molecular complexity index is 633. The van der Waals surface area contributed by atoms with E-state index in [1.807, 2.05) is 0 Å². The number of aliphatic hydroxyl groups is 1. The predicted octanol–water partition coefficient (Wildman–Crippen LogP) is 4.12. The minimum Gasteiger partial charge on any atom is -0.508 e. The van der Waals surface area contributed by atoms with E-state index in [2.05, 4.69) is 0 Å². The molecule has 0 saturated carbocycles. The number of phenolic OH excluding ortho intramolecular Hbond substituents is 1. The lowest BCUT2D eigenvalue weighted by Gasteiger charge is -2.44. The van der Waals surface area contributed by atoms with Gasteiger partial charge in [0.25, 0.3) is 0 Å². The summed E-state index contributed by atoms with van der Waals surface area (Å²) in [6, 6.07) is 12.5. The Labute approximate surface area is 126 Å². The molecule has 0 bridgehead atoms. The van der Waals surface area contributed by atoms with E-state index in [1.54, 1.807) is 18.2 Å². The third-order valence-corrected chi connectivity index (χ3v) is 4.32. The quantitative estimate of drug-likeness (QED) is 0.895. The Kier molecular flexibility index (Phi) is 3.96. The van der Waals surface area contributed by atoms with Gasteiger partial charge in [-0.2, -0.15) is 13.2 Å². The number of benzene rings is 2. The molecule has 2 N–H and O–H groups in total. The molecule has 0 amide bonds. The van der Waals surface area contributed by atoms with Crippen LogP contribution < -0.4 is 0 Å². The van der Waals surface area contributed by atoms with E-state index in [4.69, 9.17) is 0 Å². The van der Waals surface area contributed by atoms with Crippen LogP contribution in [0.3, 0.4) is 0 Å². The standard InChI is InChI=1S/C17H17F3O2/c1-15(17(18,19)20,12-8-10-14(21)11-9-12)16(2,22)13-6-4-3-5-7-13/h3-11,21-22H,1-2H3/t15-,16+/m1/s1. The lowest BCUT2D eigenvalue weighted by atomic mass is 9.66. The van der Waals surface area contributed by atoms with Crippen LogP contribution in [0.4, 0.5) is 13.2 Å². The molecule has 0 saturated heterocycles. The van der Waals surface area contributed by atoms with Gasteiger partial charge in [-0.25, -0.2) is 0 Å². The zero-order valence-electron chi connectivity index (χ0n) is 12.2. The molecule has 0 aromatic heterocycles. The normalized spacial score (nSPS) is 17.5. The fourth-order valence-corrected chi connectivity index (χ4v) is 2.57. The van der Waals surface area contributed by atoms with Gasteiger partial charge in [0, 0.05) is 0 Å². The average Bonchev–Trinajstić information content (AvgIpc) is 2.46. The first-order chi connectivity index (χ1) is 10.1. The van der Waals surface area contributed by atoms with Crippen molar-refractivity contribution in [3.8, 4) is 5.75 Å². The van der Waals surface area contributed by atoms with E-state index in [0.717, 1.165) is 13.8 Å². The van der Waals surface area contributed by atoms with E-state index < -0.39 is 17.2 Å². The van der Waals surface area contributed by atoms with E-state index in [-0.39, 0.29) is 16.9 Å². The molecule has 0 heterocycles. The zero-order chi connectivity index (χ0) is 16.6. The predicted molar refractivity (Wildman–Crippen MR) is 77.5 cm³/mol. The van der Waals surface area contributed by atoms with Gasteiger partial charge in [-0.1, -0.05) is 42.5 Å². The number of hydrogen-bond donors (Lipinski definition) is 2. The van der Waals surface area contributed by atoms with Crippen molar-refractivity contribution < 1.29 is 23.4 Å². The van der Waals surface area contributed by atoms with Crippen LogP contribution in [0.5, 0.6) is 5.75 Å². The largest absolute Gasteiger partial charge is 0.508 e. The minimum absolute atomic E-state index is 0.119. The van der Waals surface area contributed by atoms with Crippen molar-refractivity contribution in [3.05, 3.63) is 65.7 Å². The summed E-state index contributed by atoms with van der Waals surface area (Å²) in [7, 11) is 0. The summed E-state index contributed by atoms with van der Waals surface area (Å²) >= 11 is 0. The van der Waals surface area contributed by atoms with Gasteiger partial charge >= 0.3 is 6.18 Å². The van der Waals surface area contributed by atoms with Gasteiger partial charge in [-0.3, -0.25) is 0 Å². The monoisotopic (exact) mass is 310 g/mol. The molecular weight excluding hydrogens is 293 g/mol. The Balaban J connectivity index is 2.67. The van der Waals surface area contributed by atoms with Gasteiger partial charge in [0.2, 0.25) is 0 Å². The average molecular weight is 310 g/mol. The van der Waals surface area contributed by atoms with Crippen LogP contribution in [0.1, 0.15) is 25.0 Å². The van der Waals surface area contributed by atoms with Crippen molar-refractivity contribution in [2.45, 2.75) is 31.0 Å². The van der Waals surface area contributed by atoms with Crippen LogP contribution >= 0.6 is 0 Å². The highest BCUT2D eigenvalue weighted by Crippen LogP contribution is 2.52. The Morgan fingerprint density at radius 3 is 1.73 bits per heavy atom. The molecule has 2 aromatic rings. The van der Waals surface area contributed by atoms with Crippen LogP contribution in [-0.4, -0.2) is 16.4 Å². The molecule has 0 spiro atoms. The fourth-order valence-electron chi connectivity index (χ4n) is 2.57. The van der Waals surface area contributed by atoms with E-state index >= 15 is 0 Å². The number of alkyl halides is 3. The molecule has 5 heteroatoms. The van der Waals surface area contributed by atoms with Crippen molar-refractivity contribution in [1.29, 1.82) is 0 Å². The Hall–Kier alpha value is -2.01. The minimum atomic E-state index is -4.69. The topological polar surface area (TPSA) is 40.5 Å². The van der Waals surface area contributed by atoms with Crippen LogP contribution in [0.2, 0.25) is 0 Å². The second kappa shape index (κ2) is 5.32. The summed E-state index contributed by atoms with van der Waals surface area (Å²) in [5.74, 6) is -0.132. The van der Waals surface area contributed by atoms with Crippen LogP contribution in [0.25, 0.3) is 0 Å². The summed E-state index contributed by atoms with van der Waals surface area (Å²) in [4.78, 5) is 0. The zero-order valence-corrected chi connectivity index (χ0v) is 12.2. The second-order valence-electron chi connectivity index (χ2n) is 5.61. The van der Waals surface area contributed by atoms with E-state index in [9.17, 15) is 23.4 Å². The molecule has 2 atom stereocenters. The molecule has 118 valence electrons. The molecule has 0 aliphatic carbocycles. The maximum atomic E-state index is 13.8. The van der Waals surface area contributed by atoms with Crippen molar-refractivity contribution in [2.24, 2.45) is 0 Å². The van der Waals surface area contributed by atoms with Gasteiger partial charge in [0.1, 0.15) is 16.8 Å². The summed E-state index contributed by atoms with van der Waals surface area (Å²) in [5.41, 5.74) is -4.66. The van der Waals surface area contributed by atoms with Gasteiger partial charge in [0.15, 0.2) is 0 Å². The highest BCUT2D eigenvalue weighted by atomic mass is 19.4. The van der Waals surface area contributed by atoms with Crippen molar-refractivity contribution >= 4 is 0 Å². The molecule has 2 rings (SSSR count). The summed E-state index contributed by atoms with van der Waals surface area (Å²) < 4.78 is 41.5. The molecule has 2 aromatic carbocycles. The maximum absolute atomic E-state index is 13.8. The van der Waals surface area contributed by atoms with Gasteiger partial charge in [-0.05, 0) is 37.1 Å². The molecule has 0 aliphatic heterocycles. The molecule has 0 fully saturated rings. The first-order valence-electron chi connectivity index (χ1n) is 6.75. The molecule has 2 nitrogen and oxygen atoms in total. The number of phenols is 1. The van der Waals surface area contributed by atoms with E-state index in [0.29, 0.717) is 0 Å². The highest BCUT2D eigenvalue weighted by Gasteiger charge is 2.62. The summed E-state index contributed by atoms with van der Waals surface area (Å²) in [6.45, 7) is 2.12. The lowest BCUT2D eigenvalue weighted by Crippen LogP contribution is -2.55. The molecule has 0 aliphatic rings. The van der Waals surface area contributed by atoms with Crippen LogP contribution in [-0.2, 0) is 11.0 Å². The third kappa shape index (κ3) is 2.46. The van der Waals surface area contributed by atoms with E-state index in [1.165, 1.54) is 36.4 Å². The molecular formula is C17H17F3O2. The van der Waals surface area contributed by atoms with Crippen LogP contribution in [0.15, 0.2) is 54.6 Å². The summed E-state index contributed by atoms with van der Waals surface area (Å²) in [5, 5.41) is 20.1. The van der Waals surface area contributed by atoms with Crippen molar-refractivity contribution in [2.75, 3.05) is 0 Å². The van der Waals surface area contributed by atoms with Gasteiger partial charge in [0.05, 0.1) is 0 Å². The third-order valence-electron chi connectivity index (χ3n) is 4.32. The number of halogens is 3. The fraction of sp³-hybridized carbons (Fsp3) is 0.294. The number of aromatic hydroxyl groups is 1. The first kappa shape index (κ1) is 16.4. The van der Waals surface area contributed by atoms with Gasteiger partial charge in [-0.15, -0.1) is 0 Å². The number of rotatable bonds is 3. The van der Waals surface area contributed by atoms with Crippen molar-refractivity contribution in [1.82, 2.24) is 0 Å². The Morgan fingerprint density at radius 1 is 0.773 bits per heavy atom. The molecule has 22 heavy (non-hydrogen) atoms. The molecule has 0 radical (unpaired) electrons. The van der Waals surface area contributed by atoms with Crippen LogP contribution in [0, 0.1) is 0 Å². The highest BCUT2D eigenvalue weighted by molar-refractivity contribution is 5.39.